The van der Waals surface area contributed by atoms with E-state index in [1.807, 2.05) is 36.1 Å². The van der Waals surface area contributed by atoms with Gasteiger partial charge in [-0.05, 0) is 43.9 Å². The van der Waals surface area contributed by atoms with Crippen molar-refractivity contribution in [3.8, 4) is 0 Å². The normalized spacial score (nSPS) is 14.8. The number of halogens is 1. The summed E-state index contributed by atoms with van der Waals surface area (Å²) in [6, 6.07) is 10.9. The van der Waals surface area contributed by atoms with Crippen molar-refractivity contribution < 1.29 is 4.79 Å². The van der Waals surface area contributed by atoms with Gasteiger partial charge in [0.25, 0.3) is 5.91 Å². The highest BCUT2D eigenvalue weighted by Crippen LogP contribution is 2.23. The first-order valence-corrected chi connectivity index (χ1v) is 10.1. The lowest BCUT2D eigenvalue weighted by Crippen LogP contribution is -2.39. The van der Waals surface area contributed by atoms with E-state index in [4.69, 9.17) is 11.6 Å². The molecule has 3 heterocycles. The van der Waals surface area contributed by atoms with Crippen LogP contribution in [0.5, 0.6) is 0 Å². The van der Waals surface area contributed by atoms with E-state index in [0.717, 1.165) is 55.5 Å². The zero-order chi connectivity index (χ0) is 20.2. The second-order valence-corrected chi connectivity index (χ2v) is 7.79. The lowest BCUT2D eigenvalue weighted by molar-refractivity contribution is 0.0690. The second kappa shape index (κ2) is 8.61. The first-order chi connectivity index (χ1) is 14.1. The average molecular weight is 411 g/mol. The van der Waals surface area contributed by atoms with Crippen LogP contribution in [0, 0.1) is 12.8 Å². The molecule has 1 aliphatic heterocycles. The van der Waals surface area contributed by atoms with E-state index in [1.54, 1.807) is 18.3 Å². The maximum absolute atomic E-state index is 12.7. The van der Waals surface area contributed by atoms with Crippen molar-refractivity contribution in [3.05, 3.63) is 64.7 Å². The molecule has 0 bridgehead atoms. The minimum atomic E-state index is 0.0452. The van der Waals surface area contributed by atoms with E-state index < -0.39 is 0 Å². The molecule has 3 aromatic rings. The fourth-order valence-corrected chi connectivity index (χ4v) is 3.84. The van der Waals surface area contributed by atoms with Gasteiger partial charge in [-0.2, -0.15) is 5.10 Å². The van der Waals surface area contributed by atoms with Crippen LogP contribution in [-0.4, -0.2) is 44.1 Å². The molecule has 29 heavy (non-hydrogen) atoms. The predicted molar refractivity (Wildman–Crippen MR) is 112 cm³/mol. The molecule has 8 heteroatoms. The van der Waals surface area contributed by atoms with E-state index >= 15 is 0 Å². The fraction of sp³-hybridized carbons (Fsp3) is 0.333. The van der Waals surface area contributed by atoms with E-state index in [2.05, 4.69) is 25.5 Å². The summed E-state index contributed by atoms with van der Waals surface area (Å²) in [4.78, 5) is 23.8. The van der Waals surface area contributed by atoms with Gasteiger partial charge in [-0.15, -0.1) is 0 Å². The molecule has 0 atom stereocenters. The van der Waals surface area contributed by atoms with Gasteiger partial charge in [-0.1, -0.05) is 17.7 Å². The highest BCUT2D eigenvalue weighted by Gasteiger charge is 2.24. The van der Waals surface area contributed by atoms with Crippen molar-refractivity contribution in [2.24, 2.45) is 5.92 Å². The Morgan fingerprint density at radius 3 is 2.79 bits per heavy atom. The van der Waals surface area contributed by atoms with Gasteiger partial charge in [0.2, 0.25) is 0 Å². The lowest BCUT2D eigenvalue weighted by Gasteiger charge is -2.32. The summed E-state index contributed by atoms with van der Waals surface area (Å²) in [5.74, 6) is 2.88. The summed E-state index contributed by atoms with van der Waals surface area (Å²) in [6.07, 6.45) is 4.37. The summed E-state index contributed by atoms with van der Waals surface area (Å²) in [6.45, 7) is 3.44. The highest BCUT2D eigenvalue weighted by molar-refractivity contribution is 6.30. The predicted octanol–water partition coefficient (Wildman–Crippen LogP) is 4.00. The van der Waals surface area contributed by atoms with Crippen LogP contribution in [0.4, 0.5) is 11.6 Å². The molecule has 0 unspecified atom stereocenters. The Morgan fingerprint density at radius 2 is 2.07 bits per heavy atom. The van der Waals surface area contributed by atoms with E-state index in [-0.39, 0.29) is 5.91 Å². The smallest absolute Gasteiger partial charge is 0.253 e. The molecule has 2 N–H and O–H groups in total. The second-order valence-electron chi connectivity index (χ2n) is 7.36. The lowest BCUT2D eigenvalue weighted by atomic mass is 9.93. The van der Waals surface area contributed by atoms with Crippen LogP contribution in [0.25, 0.3) is 0 Å². The maximum atomic E-state index is 12.7. The zero-order valence-corrected chi connectivity index (χ0v) is 17.0. The number of aromatic nitrogens is 4. The van der Waals surface area contributed by atoms with Crippen LogP contribution >= 0.6 is 11.6 Å². The summed E-state index contributed by atoms with van der Waals surface area (Å²) in [7, 11) is 0. The van der Waals surface area contributed by atoms with Crippen LogP contribution in [0.15, 0.2) is 42.6 Å². The molecular formula is C21H23ClN6O. The number of amides is 1. The van der Waals surface area contributed by atoms with Gasteiger partial charge < -0.3 is 10.2 Å². The SMILES string of the molecule is Cc1cc(Nc2ccn[nH]2)nc(CC2CCN(C(=O)c3cccc(Cl)c3)CC2)n1. The molecule has 0 saturated carbocycles. The summed E-state index contributed by atoms with van der Waals surface area (Å²) in [5, 5.41) is 10.6. The highest BCUT2D eigenvalue weighted by atomic mass is 35.5. The molecule has 150 valence electrons. The van der Waals surface area contributed by atoms with Crippen LogP contribution < -0.4 is 5.32 Å². The molecule has 7 nitrogen and oxygen atoms in total. The third-order valence-corrected chi connectivity index (χ3v) is 5.34. The molecular weight excluding hydrogens is 388 g/mol. The number of piperidine rings is 1. The first-order valence-electron chi connectivity index (χ1n) is 9.72. The van der Waals surface area contributed by atoms with Crippen molar-refractivity contribution in [3.63, 3.8) is 0 Å². The summed E-state index contributed by atoms with van der Waals surface area (Å²) < 4.78 is 0. The van der Waals surface area contributed by atoms with Gasteiger partial charge in [0.05, 0.1) is 6.20 Å². The van der Waals surface area contributed by atoms with Gasteiger partial charge in [-0.3, -0.25) is 9.89 Å². The maximum Gasteiger partial charge on any atom is 0.253 e. The molecule has 1 amide bonds. The number of hydrogen-bond acceptors (Lipinski definition) is 5. The van der Waals surface area contributed by atoms with Gasteiger partial charge in [0, 0.05) is 47.9 Å². The van der Waals surface area contributed by atoms with Gasteiger partial charge >= 0.3 is 0 Å². The third-order valence-electron chi connectivity index (χ3n) is 5.11. The first kappa shape index (κ1) is 19.4. The number of nitrogens with one attached hydrogen (secondary N) is 2. The van der Waals surface area contributed by atoms with Gasteiger partial charge in [0.15, 0.2) is 0 Å². The zero-order valence-electron chi connectivity index (χ0n) is 16.2. The molecule has 1 aromatic carbocycles. The third kappa shape index (κ3) is 4.92. The average Bonchev–Trinajstić information content (AvgIpc) is 3.20. The number of aromatic amines is 1. The Balaban J connectivity index is 1.36. The van der Waals surface area contributed by atoms with Crippen LogP contribution in [0.1, 0.15) is 34.7 Å². The number of anilines is 2. The summed E-state index contributed by atoms with van der Waals surface area (Å²) in [5.41, 5.74) is 1.57. The topological polar surface area (TPSA) is 86.8 Å². The van der Waals surface area contributed by atoms with Crippen molar-refractivity contribution in [2.75, 3.05) is 18.4 Å². The van der Waals surface area contributed by atoms with Crippen LogP contribution in [0.3, 0.4) is 0 Å². The number of hydrogen-bond donors (Lipinski definition) is 2. The molecule has 2 aromatic heterocycles. The number of H-pyrrole nitrogens is 1. The Labute approximate surface area is 174 Å². The van der Waals surface area contributed by atoms with Crippen LogP contribution in [-0.2, 0) is 6.42 Å². The Morgan fingerprint density at radius 1 is 1.24 bits per heavy atom. The summed E-state index contributed by atoms with van der Waals surface area (Å²) >= 11 is 6.02. The van der Waals surface area contributed by atoms with E-state index in [0.29, 0.717) is 16.5 Å². The quantitative estimate of drug-likeness (QED) is 0.663. The fourth-order valence-electron chi connectivity index (χ4n) is 3.65. The number of aryl methyl sites for hydroxylation is 1. The van der Waals surface area contributed by atoms with Gasteiger partial charge in [0.1, 0.15) is 17.5 Å². The largest absolute Gasteiger partial charge is 0.339 e. The molecule has 4 rings (SSSR count). The molecule has 1 fully saturated rings. The number of carbonyl (C=O) groups excluding carboxylic acids is 1. The molecule has 1 aliphatic rings. The van der Waals surface area contributed by atoms with E-state index in [9.17, 15) is 4.79 Å². The number of benzene rings is 1. The number of rotatable bonds is 5. The molecule has 1 saturated heterocycles. The van der Waals surface area contributed by atoms with Crippen molar-refractivity contribution >= 4 is 29.1 Å². The minimum absolute atomic E-state index is 0.0452. The molecule has 0 spiro atoms. The Hall–Kier alpha value is -2.93. The Bertz CT molecular complexity index is 983. The monoisotopic (exact) mass is 410 g/mol. The standard InChI is InChI=1S/C21H23ClN6O/c1-14-11-19(25-18-5-8-23-27-18)26-20(24-14)12-15-6-9-28(10-7-15)21(29)16-3-2-4-17(22)13-16/h2-5,8,11,13,15H,6-7,9-10,12H2,1H3,(H2,23,24,25,26,27). The number of carbonyl (C=O) groups is 1. The molecule has 0 aliphatic carbocycles. The minimum Gasteiger partial charge on any atom is -0.339 e. The van der Waals surface area contributed by atoms with Crippen molar-refractivity contribution in [1.29, 1.82) is 0 Å². The van der Waals surface area contributed by atoms with Gasteiger partial charge in [-0.25, -0.2) is 9.97 Å². The molecule has 0 radical (unpaired) electrons. The van der Waals surface area contributed by atoms with Crippen molar-refractivity contribution in [2.45, 2.75) is 26.2 Å². The number of nitrogens with zero attached hydrogens (tertiary/aromatic N) is 4. The van der Waals surface area contributed by atoms with Crippen molar-refractivity contribution in [1.82, 2.24) is 25.1 Å². The Kier molecular flexibility index (Phi) is 5.76. The number of likely N-dealkylation sites (tertiary alicyclic amines) is 1. The van der Waals surface area contributed by atoms with E-state index in [1.165, 1.54) is 0 Å². The van der Waals surface area contributed by atoms with Crippen LogP contribution in [0.2, 0.25) is 5.02 Å².